The lowest BCUT2D eigenvalue weighted by molar-refractivity contribution is 0.100. The Morgan fingerprint density at radius 3 is 2.70 bits per heavy atom. The van der Waals surface area contributed by atoms with Crippen LogP contribution < -0.4 is 10.5 Å². The van der Waals surface area contributed by atoms with Crippen LogP contribution in [0.25, 0.3) is 32.7 Å². The van der Waals surface area contributed by atoms with Gasteiger partial charge in [0.25, 0.3) is 5.91 Å². The number of benzene rings is 2. The van der Waals surface area contributed by atoms with Crippen molar-refractivity contribution in [3.05, 3.63) is 54.2 Å². The third kappa shape index (κ3) is 2.05. The van der Waals surface area contributed by atoms with Gasteiger partial charge in [-0.05, 0) is 24.3 Å². The summed E-state index contributed by atoms with van der Waals surface area (Å²) in [5, 5.41) is 2.58. The lowest BCUT2D eigenvalue weighted by Gasteiger charge is -2.09. The number of ether oxygens (including phenoxy) is 1. The van der Waals surface area contributed by atoms with Crippen LogP contribution in [0.1, 0.15) is 10.4 Å². The van der Waals surface area contributed by atoms with Crippen molar-refractivity contribution in [1.82, 2.24) is 9.97 Å². The van der Waals surface area contributed by atoms with Crippen molar-refractivity contribution >= 4 is 38.6 Å². The number of carbonyl (C=O) groups is 1. The van der Waals surface area contributed by atoms with Crippen LogP contribution in [0.3, 0.4) is 0 Å². The summed E-state index contributed by atoms with van der Waals surface area (Å²) in [5.74, 6) is 0.114. The highest BCUT2D eigenvalue weighted by Gasteiger charge is 2.14. The van der Waals surface area contributed by atoms with Gasteiger partial charge in [0.1, 0.15) is 5.75 Å². The number of rotatable bonds is 2. The average molecular weight is 303 g/mol. The van der Waals surface area contributed by atoms with Crippen molar-refractivity contribution in [3.63, 3.8) is 0 Å². The Hall–Kier alpha value is -3.21. The highest BCUT2D eigenvalue weighted by Crippen LogP contribution is 2.30. The highest BCUT2D eigenvalue weighted by molar-refractivity contribution is 6.16. The van der Waals surface area contributed by atoms with Gasteiger partial charge in [0.2, 0.25) is 0 Å². The van der Waals surface area contributed by atoms with Crippen molar-refractivity contribution in [2.24, 2.45) is 5.73 Å². The van der Waals surface area contributed by atoms with E-state index in [9.17, 15) is 4.79 Å². The number of nitrogens with zero attached hydrogens (tertiary/aromatic N) is 2. The van der Waals surface area contributed by atoms with Crippen LogP contribution in [0, 0.1) is 0 Å². The number of primary amides is 1. The quantitative estimate of drug-likeness (QED) is 0.456. The molecule has 112 valence electrons. The predicted molar refractivity (Wildman–Crippen MR) is 89.6 cm³/mol. The number of carbonyl (C=O) groups excluding carboxylic acids is 1. The largest absolute Gasteiger partial charge is 0.495 e. The van der Waals surface area contributed by atoms with Crippen molar-refractivity contribution in [1.29, 1.82) is 0 Å². The molecule has 0 aliphatic heterocycles. The van der Waals surface area contributed by atoms with Gasteiger partial charge in [-0.25, -0.2) is 4.98 Å². The summed E-state index contributed by atoms with van der Waals surface area (Å²) in [7, 11) is 1.58. The first-order valence-electron chi connectivity index (χ1n) is 7.13. The van der Waals surface area contributed by atoms with Crippen LogP contribution >= 0.6 is 0 Å². The second-order valence-electron chi connectivity index (χ2n) is 5.31. The lowest BCUT2D eigenvalue weighted by Crippen LogP contribution is -2.12. The monoisotopic (exact) mass is 303 g/mol. The molecule has 0 aliphatic carbocycles. The van der Waals surface area contributed by atoms with Gasteiger partial charge in [0.05, 0.1) is 35.4 Å². The molecular formula is C18H13N3O2. The summed E-state index contributed by atoms with van der Waals surface area (Å²) < 4.78 is 5.21. The zero-order chi connectivity index (χ0) is 16.0. The van der Waals surface area contributed by atoms with E-state index in [1.165, 1.54) is 0 Å². The molecule has 2 aromatic heterocycles. The highest BCUT2D eigenvalue weighted by atomic mass is 16.5. The smallest absolute Gasteiger partial charge is 0.250 e. The Balaban J connectivity index is 2.22. The zero-order valence-electron chi connectivity index (χ0n) is 12.4. The molecule has 0 spiro atoms. The van der Waals surface area contributed by atoms with E-state index in [1.807, 2.05) is 36.4 Å². The molecule has 0 fully saturated rings. The van der Waals surface area contributed by atoms with Crippen LogP contribution in [0.4, 0.5) is 0 Å². The average Bonchev–Trinajstić information content (AvgIpc) is 2.58. The van der Waals surface area contributed by atoms with E-state index in [1.54, 1.807) is 19.4 Å². The molecule has 0 saturated carbocycles. The number of pyridine rings is 2. The van der Waals surface area contributed by atoms with Gasteiger partial charge in [0, 0.05) is 16.2 Å². The lowest BCUT2D eigenvalue weighted by atomic mass is 10.0. The van der Waals surface area contributed by atoms with Crippen LogP contribution in [0.2, 0.25) is 0 Å². The summed E-state index contributed by atoms with van der Waals surface area (Å²) in [4.78, 5) is 21.0. The molecule has 2 heterocycles. The molecule has 4 rings (SSSR count). The van der Waals surface area contributed by atoms with Crippen LogP contribution in [-0.4, -0.2) is 23.0 Å². The van der Waals surface area contributed by atoms with Crippen molar-refractivity contribution in [3.8, 4) is 5.75 Å². The Bertz CT molecular complexity index is 1090. The number of amides is 1. The molecule has 5 nitrogen and oxygen atoms in total. The molecule has 0 unspecified atom stereocenters. The second-order valence-corrected chi connectivity index (χ2v) is 5.31. The first kappa shape index (κ1) is 13.5. The van der Waals surface area contributed by atoms with Gasteiger partial charge >= 0.3 is 0 Å². The van der Waals surface area contributed by atoms with E-state index >= 15 is 0 Å². The summed E-state index contributed by atoms with van der Waals surface area (Å²) in [6.45, 7) is 0. The summed E-state index contributed by atoms with van der Waals surface area (Å²) >= 11 is 0. The first-order valence-corrected chi connectivity index (χ1v) is 7.13. The SMILES string of the molecule is COc1cnc2c(c1)cc(C(N)=O)c1nc3ccccc3cc12. The Morgan fingerprint density at radius 1 is 1.09 bits per heavy atom. The second kappa shape index (κ2) is 4.91. The maximum atomic E-state index is 11.9. The van der Waals surface area contributed by atoms with E-state index in [4.69, 9.17) is 10.5 Å². The Morgan fingerprint density at radius 2 is 1.91 bits per heavy atom. The van der Waals surface area contributed by atoms with Gasteiger partial charge in [-0.1, -0.05) is 18.2 Å². The fourth-order valence-electron chi connectivity index (χ4n) is 2.82. The topological polar surface area (TPSA) is 78.1 Å². The van der Waals surface area contributed by atoms with Crippen LogP contribution in [0.5, 0.6) is 5.75 Å². The number of hydrogen-bond acceptors (Lipinski definition) is 4. The molecule has 0 saturated heterocycles. The number of aromatic nitrogens is 2. The van der Waals surface area contributed by atoms with E-state index in [2.05, 4.69) is 9.97 Å². The molecular weight excluding hydrogens is 290 g/mol. The number of methoxy groups -OCH3 is 1. The predicted octanol–water partition coefficient (Wildman–Crippen LogP) is 3.04. The molecule has 0 bridgehead atoms. The van der Waals surface area contributed by atoms with Gasteiger partial charge in [-0.15, -0.1) is 0 Å². The van der Waals surface area contributed by atoms with E-state index < -0.39 is 5.91 Å². The minimum Gasteiger partial charge on any atom is -0.495 e. The molecule has 2 aromatic carbocycles. The van der Waals surface area contributed by atoms with E-state index in [0.717, 1.165) is 27.2 Å². The summed E-state index contributed by atoms with van der Waals surface area (Å²) in [6, 6.07) is 13.3. The molecule has 0 atom stereocenters. The van der Waals surface area contributed by atoms with E-state index in [-0.39, 0.29) is 0 Å². The maximum absolute atomic E-state index is 11.9. The number of nitrogens with two attached hydrogens (primary N) is 1. The van der Waals surface area contributed by atoms with Crippen LogP contribution in [-0.2, 0) is 0 Å². The number of hydrogen-bond donors (Lipinski definition) is 1. The normalized spacial score (nSPS) is 11.2. The van der Waals surface area contributed by atoms with E-state index in [0.29, 0.717) is 16.8 Å². The van der Waals surface area contributed by atoms with Gasteiger partial charge < -0.3 is 10.5 Å². The standard InChI is InChI=1S/C18H13N3O2/c1-23-12-6-11-8-14(18(19)22)17-13(16(11)20-9-12)7-10-4-2-3-5-15(10)21-17/h2-9H,1H3,(H2,19,22). The first-order chi connectivity index (χ1) is 11.2. The molecule has 4 aromatic rings. The molecule has 0 aliphatic rings. The van der Waals surface area contributed by atoms with Crippen molar-refractivity contribution in [2.75, 3.05) is 7.11 Å². The van der Waals surface area contributed by atoms with Crippen LogP contribution in [0.15, 0.2) is 48.7 Å². The molecule has 2 N–H and O–H groups in total. The Labute approximate surface area is 131 Å². The maximum Gasteiger partial charge on any atom is 0.250 e. The van der Waals surface area contributed by atoms with Gasteiger partial charge in [0.15, 0.2) is 0 Å². The fraction of sp³-hybridized carbons (Fsp3) is 0.0556. The van der Waals surface area contributed by atoms with Gasteiger partial charge in [-0.3, -0.25) is 9.78 Å². The zero-order valence-corrected chi connectivity index (χ0v) is 12.4. The minimum absolute atomic E-state index is 0.383. The fourth-order valence-corrected chi connectivity index (χ4v) is 2.82. The van der Waals surface area contributed by atoms with Crippen molar-refractivity contribution < 1.29 is 9.53 Å². The minimum atomic E-state index is -0.512. The summed E-state index contributed by atoms with van der Waals surface area (Å²) in [6.07, 6.45) is 1.65. The number of fused-ring (bicyclic) bond motifs is 4. The molecule has 1 amide bonds. The molecule has 0 radical (unpaired) electrons. The van der Waals surface area contributed by atoms with Gasteiger partial charge in [-0.2, -0.15) is 0 Å². The summed E-state index contributed by atoms with van der Waals surface area (Å²) in [5.41, 5.74) is 8.09. The third-order valence-electron chi connectivity index (χ3n) is 3.93. The Kier molecular flexibility index (Phi) is 2.87. The molecule has 23 heavy (non-hydrogen) atoms. The third-order valence-corrected chi connectivity index (χ3v) is 3.93. The van der Waals surface area contributed by atoms with Crippen molar-refractivity contribution in [2.45, 2.75) is 0 Å². The number of para-hydroxylation sites is 1. The molecule has 5 heteroatoms.